The number of nitrogens with zero attached hydrogens (tertiary/aromatic N) is 1. The lowest BCUT2D eigenvalue weighted by molar-refractivity contribution is 0.234. The molecule has 1 saturated carbocycles. The molecule has 10 heavy (non-hydrogen) atoms. The van der Waals surface area contributed by atoms with Gasteiger partial charge in [0.1, 0.15) is 0 Å². The van der Waals surface area contributed by atoms with Crippen LogP contribution in [0, 0.1) is 5.92 Å². The van der Waals surface area contributed by atoms with E-state index in [1.807, 2.05) is 0 Å². The largest absolute Gasteiger partial charge is 0.327 e. The maximum atomic E-state index is 5.84. The molecule has 0 bridgehead atoms. The molecule has 2 heteroatoms. The third kappa shape index (κ3) is 1.70. The molecule has 0 aliphatic heterocycles. The Kier molecular flexibility index (Phi) is 2.32. The van der Waals surface area contributed by atoms with E-state index in [1.54, 1.807) is 0 Å². The van der Waals surface area contributed by atoms with E-state index in [1.165, 1.54) is 12.8 Å². The van der Waals surface area contributed by atoms with Crippen LogP contribution in [0.3, 0.4) is 0 Å². The molecule has 1 aliphatic rings. The van der Waals surface area contributed by atoms with Crippen molar-refractivity contribution in [2.24, 2.45) is 11.7 Å². The van der Waals surface area contributed by atoms with E-state index in [-0.39, 0.29) is 0 Å². The van der Waals surface area contributed by atoms with E-state index in [9.17, 15) is 0 Å². The highest BCUT2D eigenvalue weighted by Crippen LogP contribution is 2.35. The highest BCUT2D eigenvalue weighted by atomic mass is 15.1. The minimum atomic E-state index is 0.322. The van der Waals surface area contributed by atoms with Crippen molar-refractivity contribution < 1.29 is 0 Å². The lowest BCUT2D eigenvalue weighted by Crippen LogP contribution is -2.43. The van der Waals surface area contributed by atoms with Gasteiger partial charge in [0.2, 0.25) is 0 Å². The van der Waals surface area contributed by atoms with Crippen molar-refractivity contribution in [2.45, 2.75) is 31.8 Å². The van der Waals surface area contributed by atoms with Crippen molar-refractivity contribution in [1.29, 1.82) is 0 Å². The highest BCUT2D eigenvalue weighted by Gasteiger charge is 2.34. The normalized spacial score (nSPS) is 24.9. The first-order valence-corrected chi connectivity index (χ1v) is 4.05. The van der Waals surface area contributed by atoms with E-state index < -0.39 is 0 Å². The summed E-state index contributed by atoms with van der Waals surface area (Å²) in [5.41, 5.74) is 5.84. The fourth-order valence-corrected chi connectivity index (χ4v) is 1.76. The Morgan fingerprint density at radius 2 is 1.90 bits per heavy atom. The SMILES string of the molecule is CC(N)C(C1CC1)N(C)C. The summed E-state index contributed by atoms with van der Waals surface area (Å²) in [5, 5.41) is 0. The molecule has 1 fully saturated rings. The molecule has 0 heterocycles. The van der Waals surface area contributed by atoms with E-state index in [0.29, 0.717) is 12.1 Å². The average Bonchev–Trinajstić information content (AvgIpc) is 2.46. The van der Waals surface area contributed by atoms with Gasteiger partial charge >= 0.3 is 0 Å². The summed E-state index contributed by atoms with van der Waals surface area (Å²) in [6.07, 6.45) is 2.76. The number of hydrogen-bond donors (Lipinski definition) is 1. The summed E-state index contributed by atoms with van der Waals surface area (Å²) >= 11 is 0. The number of hydrogen-bond acceptors (Lipinski definition) is 2. The molecule has 0 radical (unpaired) electrons. The highest BCUT2D eigenvalue weighted by molar-refractivity contribution is 4.90. The van der Waals surface area contributed by atoms with Crippen LogP contribution in [0.5, 0.6) is 0 Å². The molecule has 0 aromatic heterocycles. The van der Waals surface area contributed by atoms with Crippen molar-refractivity contribution in [3.8, 4) is 0 Å². The first-order chi connectivity index (χ1) is 4.63. The minimum Gasteiger partial charge on any atom is -0.327 e. The lowest BCUT2D eigenvalue weighted by Gasteiger charge is -2.27. The molecule has 0 spiro atoms. The standard InChI is InChI=1S/C8H18N2/c1-6(9)8(10(2)3)7-4-5-7/h6-8H,4-5,9H2,1-3H3. The quantitative estimate of drug-likeness (QED) is 0.627. The van der Waals surface area contributed by atoms with Crippen LogP contribution in [0.2, 0.25) is 0 Å². The molecular weight excluding hydrogens is 124 g/mol. The Hall–Kier alpha value is -0.0800. The molecule has 0 saturated heterocycles. The molecule has 1 rings (SSSR count). The van der Waals surface area contributed by atoms with Gasteiger partial charge in [-0.3, -0.25) is 0 Å². The molecule has 60 valence electrons. The van der Waals surface area contributed by atoms with Crippen molar-refractivity contribution in [1.82, 2.24) is 4.90 Å². The molecule has 2 atom stereocenters. The molecule has 0 aromatic rings. The summed E-state index contributed by atoms with van der Waals surface area (Å²) in [6.45, 7) is 2.10. The van der Waals surface area contributed by atoms with Gasteiger partial charge in [0.05, 0.1) is 0 Å². The van der Waals surface area contributed by atoms with Gasteiger partial charge in [0, 0.05) is 12.1 Å². The summed E-state index contributed by atoms with van der Waals surface area (Å²) in [7, 11) is 4.23. The third-order valence-corrected chi connectivity index (χ3v) is 2.24. The predicted molar refractivity (Wildman–Crippen MR) is 43.8 cm³/mol. The molecule has 2 unspecified atom stereocenters. The van der Waals surface area contributed by atoms with Crippen molar-refractivity contribution in [2.75, 3.05) is 14.1 Å². The zero-order chi connectivity index (χ0) is 7.72. The number of rotatable bonds is 3. The van der Waals surface area contributed by atoms with E-state index >= 15 is 0 Å². The Morgan fingerprint density at radius 3 is 2.00 bits per heavy atom. The Balaban J connectivity index is 2.41. The fourth-order valence-electron chi connectivity index (χ4n) is 1.76. The Bertz CT molecular complexity index is 95.1. The molecule has 2 nitrogen and oxygen atoms in total. The molecule has 0 amide bonds. The summed E-state index contributed by atoms with van der Waals surface area (Å²) in [6, 6.07) is 0.933. The Labute approximate surface area is 63.4 Å². The van der Waals surface area contributed by atoms with Crippen molar-refractivity contribution in [3.05, 3.63) is 0 Å². The lowest BCUT2D eigenvalue weighted by atomic mass is 10.1. The van der Waals surface area contributed by atoms with Crippen LogP contribution < -0.4 is 5.73 Å². The van der Waals surface area contributed by atoms with Gasteiger partial charge in [-0.15, -0.1) is 0 Å². The number of nitrogens with two attached hydrogens (primary N) is 1. The fraction of sp³-hybridized carbons (Fsp3) is 1.00. The second kappa shape index (κ2) is 2.89. The van der Waals surface area contributed by atoms with E-state index in [4.69, 9.17) is 5.73 Å². The van der Waals surface area contributed by atoms with Crippen LogP contribution in [-0.2, 0) is 0 Å². The van der Waals surface area contributed by atoms with Crippen LogP contribution in [0.25, 0.3) is 0 Å². The van der Waals surface area contributed by atoms with Gasteiger partial charge in [-0.1, -0.05) is 0 Å². The van der Waals surface area contributed by atoms with Crippen LogP contribution in [0.1, 0.15) is 19.8 Å². The first kappa shape index (κ1) is 8.02. The van der Waals surface area contributed by atoms with Gasteiger partial charge < -0.3 is 10.6 Å². The average molecular weight is 142 g/mol. The zero-order valence-electron chi connectivity index (χ0n) is 7.17. The van der Waals surface area contributed by atoms with Crippen molar-refractivity contribution >= 4 is 0 Å². The van der Waals surface area contributed by atoms with Crippen LogP contribution in [0.15, 0.2) is 0 Å². The summed E-state index contributed by atoms with van der Waals surface area (Å²) < 4.78 is 0. The summed E-state index contributed by atoms with van der Waals surface area (Å²) in [5.74, 6) is 0.884. The Morgan fingerprint density at radius 1 is 1.40 bits per heavy atom. The second-order valence-electron chi connectivity index (χ2n) is 3.65. The van der Waals surface area contributed by atoms with E-state index in [0.717, 1.165) is 5.92 Å². The van der Waals surface area contributed by atoms with Crippen LogP contribution >= 0.6 is 0 Å². The van der Waals surface area contributed by atoms with Gasteiger partial charge in [-0.25, -0.2) is 0 Å². The molecule has 0 aromatic carbocycles. The maximum Gasteiger partial charge on any atom is 0.0266 e. The number of likely N-dealkylation sites (N-methyl/N-ethyl adjacent to an activating group) is 1. The maximum absolute atomic E-state index is 5.84. The van der Waals surface area contributed by atoms with Crippen LogP contribution in [0.4, 0.5) is 0 Å². The van der Waals surface area contributed by atoms with Crippen molar-refractivity contribution in [3.63, 3.8) is 0 Å². The first-order valence-electron chi connectivity index (χ1n) is 4.05. The molecule has 1 aliphatic carbocycles. The molecule has 2 N–H and O–H groups in total. The van der Waals surface area contributed by atoms with Gasteiger partial charge in [-0.05, 0) is 39.8 Å². The second-order valence-corrected chi connectivity index (χ2v) is 3.65. The van der Waals surface area contributed by atoms with Gasteiger partial charge in [0.15, 0.2) is 0 Å². The smallest absolute Gasteiger partial charge is 0.0266 e. The minimum absolute atomic E-state index is 0.322. The van der Waals surface area contributed by atoms with Gasteiger partial charge in [-0.2, -0.15) is 0 Å². The topological polar surface area (TPSA) is 29.3 Å². The van der Waals surface area contributed by atoms with E-state index in [2.05, 4.69) is 25.9 Å². The zero-order valence-corrected chi connectivity index (χ0v) is 7.17. The van der Waals surface area contributed by atoms with Gasteiger partial charge in [0.25, 0.3) is 0 Å². The predicted octanol–water partition coefficient (Wildman–Crippen LogP) is 0.674. The monoisotopic (exact) mass is 142 g/mol. The third-order valence-electron chi connectivity index (χ3n) is 2.24. The summed E-state index contributed by atoms with van der Waals surface area (Å²) in [4.78, 5) is 2.25. The van der Waals surface area contributed by atoms with Crippen LogP contribution in [-0.4, -0.2) is 31.1 Å². The molecular formula is C8H18N2.